The molecule has 0 saturated carbocycles. The fraction of sp³-hybridized carbons (Fsp3) is 0.333. The zero-order valence-electron chi connectivity index (χ0n) is 16.2. The monoisotopic (exact) mass is 396 g/mol. The van der Waals surface area contributed by atoms with Crippen molar-refractivity contribution in [1.82, 2.24) is 4.90 Å². The number of nitrogens with one attached hydrogen (secondary N) is 2. The van der Waals surface area contributed by atoms with Crippen LogP contribution in [0.4, 0.5) is 17.1 Å². The minimum absolute atomic E-state index is 0.00661. The predicted octanol–water partition coefficient (Wildman–Crippen LogP) is 3.27. The van der Waals surface area contributed by atoms with Crippen LogP contribution in [0, 0.1) is 16.0 Å². The van der Waals surface area contributed by atoms with E-state index in [-0.39, 0.29) is 29.1 Å². The SMILES string of the molecule is C[C@H](C(=O)Nc1ccccc1[N+](=O)[O-])N1CCC(C(=O)Nc2ccccc2)CC1. The molecule has 0 unspecified atom stereocenters. The first-order valence-corrected chi connectivity index (χ1v) is 9.60. The molecule has 0 radical (unpaired) electrons. The molecule has 29 heavy (non-hydrogen) atoms. The van der Waals surface area contributed by atoms with Gasteiger partial charge < -0.3 is 10.6 Å². The largest absolute Gasteiger partial charge is 0.326 e. The van der Waals surface area contributed by atoms with Crippen LogP contribution >= 0.6 is 0 Å². The summed E-state index contributed by atoms with van der Waals surface area (Å²) < 4.78 is 0. The van der Waals surface area contributed by atoms with Crippen molar-refractivity contribution in [2.75, 3.05) is 23.7 Å². The third-order valence-electron chi connectivity index (χ3n) is 5.23. The molecule has 152 valence electrons. The summed E-state index contributed by atoms with van der Waals surface area (Å²) in [6.45, 7) is 2.99. The van der Waals surface area contributed by atoms with Gasteiger partial charge in [-0.2, -0.15) is 0 Å². The Bertz CT molecular complexity index is 879. The Kier molecular flexibility index (Phi) is 6.56. The third-order valence-corrected chi connectivity index (χ3v) is 5.23. The minimum atomic E-state index is -0.517. The summed E-state index contributed by atoms with van der Waals surface area (Å²) in [5, 5.41) is 16.7. The van der Waals surface area contributed by atoms with Gasteiger partial charge in [-0.05, 0) is 51.1 Å². The Morgan fingerprint density at radius 2 is 1.66 bits per heavy atom. The number of amides is 2. The molecule has 2 N–H and O–H groups in total. The third kappa shape index (κ3) is 5.17. The smallest absolute Gasteiger partial charge is 0.292 e. The Labute approximate surface area is 169 Å². The number of rotatable bonds is 6. The molecule has 1 aliphatic heterocycles. The van der Waals surface area contributed by atoms with Gasteiger partial charge >= 0.3 is 0 Å². The zero-order chi connectivity index (χ0) is 20.8. The van der Waals surface area contributed by atoms with Gasteiger partial charge in [-0.15, -0.1) is 0 Å². The summed E-state index contributed by atoms with van der Waals surface area (Å²) in [5.74, 6) is -0.406. The Balaban J connectivity index is 1.53. The number of nitrogens with zero attached hydrogens (tertiary/aromatic N) is 2. The lowest BCUT2D eigenvalue weighted by molar-refractivity contribution is -0.383. The number of piperidine rings is 1. The van der Waals surface area contributed by atoms with Crippen molar-refractivity contribution in [3.8, 4) is 0 Å². The van der Waals surface area contributed by atoms with Gasteiger partial charge in [0.1, 0.15) is 5.69 Å². The van der Waals surface area contributed by atoms with Crippen molar-refractivity contribution in [3.05, 3.63) is 64.7 Å². The zero-order valence-corrected chi connectivity index (χ0v) is 16.2. The molecular formula is C21H24N4O4. The van der Waals surface area contributed by atoms with Gasteiger partial charge in [0.2, 0.25) is 11.8 Å². The molecular weight excluding hydrogens is 372 g/mol. The van der Waals surface area contributed by atoms with Gasteiger partial charge in [0.25, 0.3) is 5.69 Å². The van der Waals surface area contributed by atoms with E-state index >= 15 is 0 Å². The van der Waals surface area contributed by atoms with E-state index in [0.29, 0.717) is 25.9 Å². The van der Waals surface area contributed by atoms with E-state index in [2.05, 4.69) is 10.6 Å². The molecule has 8 nitrogen and oxygen atoms in total. The Morgan fingerprint density at radius 1 is 1.03 bits per heavy atom. The van der Waals surface area contributed by atoms with Crippen molar-refractivity contribution in [3.63, 3.8) is 0 Å². The van der Waals surface area contributed by atoms with Crippen LogP contribution in [0.3, 0.4) is 0 Å². The van der Waals surface area contributed by atoms with Gasteiger partial charge in [-0.25, -0.2) is 0 Å². The molecule has 8 heteroatoms. The van der Waals surface area contributed by atoms with E-state index in [0.717, 1.165) is 5.69 Å². The molecule has 2 aromatic carbocycles. The van der Waals surface area contributed by atoms with Gasteiger partial charge in [-0.1, -0.05) is 30.3 Å². The van der Waals surface area contributed by atoms with Crippen LogP contribution in [0.15, 0.2) is 54.6 Å². The van der Waals surface area contributed by atoms with E-state index in [1.165, 1.54) is 12.1 Å². The second kappa shape index (κ2) is 9.29. The first-order valence-electron chi connectivity index (χ1n) is 9.60. The molecule has 1 saturated heterocycles. The fourth-order valence-electron chi connectivity index (χ4n) is 3.46. The van der Waals surface area contributed by atoms with Crippen LogP contribution in [-0.4, -0.2) is 40.8 Å². The number of likely N-dealkylation sites (tertiary alicyclic amines) is 1. The Morgan fingerprint density at radius 3 is 2.31 bits per heavy atom. The lowest BCUT2D eigenvalue weighted by atomic mass is 9.94. The molecule has 0 aliphatic carbocycles. The average molecular weight is 396 g/mol. The molecule has 3 rings (SSSR count). The van der Waals surface area contributed by atoms with Crippen LogP contribution < -0.4 is 10.6 Å². The van der Waals surface area contributed by atoms with Gasteiger partial charge in [-0.3, -0.25) is 24.6 Å². The molecule has 0 bridgehead atoms. The summed E-state index contributed by atoms with van der Waals surface area (Å²) in [6, 6.07) is 15.0. The average Bonchev–Trinajstić information content (AvgIpc) is 2.74. The summed E-state index contributed by atoms with van der Waals surface area (Å²) >= 11 is 0. The number of carbonyl (C=O) groups excluding carboxylic acids is 2. The topological polar surface area (TPSA) is 105 Å². The maximum absolute atomic E-state index is 12.6. The van der Waals surface area contributed by atoms with E-state index < -0.39 is 11.0 Å². The van der Waals surface area contributed by atoms with Crippen molar-refractivity contribution >= 4 is 28.9 Å². The lowest BCUT2D eigenvalue weighted by Crippen LogP contribution is -2.47. The second-order valence-electron chi connectivity index (χ2n) is 7.11. The standard InChI is InChI=1S/C21H24N4O4/c1-15(20(26)23-18-9-5-6-10-19(18)25(28)29)24-13-11-16(12-14-24)21(27)22-17-7-3-2-4-8-17/h2-10,15-16H,11-14H2,1H3,(H,22,27)(H,23,26)/t15-/m1/s1. The first-order chi connectivity index (χ1) is 14.0. The highest BCUT2D eigenvalue weighted by molar-refractivity contribution is 5.96. The van der Waals surface area contributed by atoms with Crippen molar-refractivity contribution in [1.29, 1.82) is 0 Å². The number of anilines is 2. The lowest BCUT2D eigenvalue weighted by Gasteiger charge is -2.34. The van der Waals surface area contributed by atoms with E-state index in [1.54, 1.807) is 19.1 Å². The van der Waals surface area contributed by atoms with Gasteiger partial charge in [0.15, 0.2) is 0 Å². The molecule has 2 aromatic rings. The predicted molar refractivity (Wildman–Crippen MR) is 111 cm³/mol. The van der Waals surface area contributed by atoms with Gasteiger partial charge in [0.05, 0.1) is 11.0 Å². The highest BCUT2D eigenvalue weighted by Crippen LogP contribution is 2.25. The van der Waals surface area contributed by atoms with Crippen molar-refractivity contribution in [2.24, 2.45) is 5.92 Å². The molecule has 0 spiro atoms. The first kappa shape index (κ1) is 20.5. The van der Waals surface area contributed by atoms with Crippen LogP contribution in [0.1, 0.15) is 19.8 Å². The van der Waals surface area contributed by atoms with Crippen LogP contribution in [0.5, 0.6) is 0 Å². The summed E-state index contributed by atoms with van der Waals surface area (Å²) in [6.07, 6.45) is 1.31. The quantitative estimate of drug-likeness (QED) is 0.576. The minimum Gasteiger partial charge on any atom is -0.326 e. The van der Waals surface area contributed by atoms with Crippen molar-refractivity contribution < 1.29 is 14.5 Å². The number of carbonyl (C=O) groups is 2. The Hall–Kier alpha value is -3.26. The molecule has 1 atom stereocenters. The highest BCUT2D eigenvalue weighted by atomic mass is 16.6. The van der Waals surface area contributed by atoms with Crippen LogP contribution in [0.25, 0.3) is 0 Å². The van der Waals surface area contributed by atoms with Crippen LogP contribution in [-0.2, 0) is 9.59 Å². The molecule has 1 heterocycles. The molecule has 1 aliphatic rings. The maximum Gasteiger partial charge on any atom is 0.292 e. The number of hydrogen-bond donors (Lipinski definition) is 2. The number of nitro benzene ring substituents is 1. The summed E-state index contributed by atoms with van der Waals surface area (Å²) in [4.78, 5) is 37.6. The maximum atomic E-state index is 12.6. The van der Waals surface area contributed by atoms with Crippen LogP contribution in [0.2, 0.25) is 0 Å². The number of para-hydroxylation sites is 3. The molecule has 0 aromatic heterocycles. The summed E-state index contributed by atoms with van der Waals surface area (Å²) in [7, 11) is 0. The number of benzene rings is 2. The second-order valence-corrected chi connectivity index (χ2v) is 7.11. The molecule has 1 fully saturated rings. The van der Waals surface area contributed by atoms with Crippen molar-refractivity contribution in [2.45, 2.75) is 25.8 Å². The van der Waals surface area contributed by atoms with E-state index in [1.807, 2.05) is 35.2 Å². The number of nitro groups is 1. The normalized spacial score (nSPS) is 16.0. The highest BCUT2D eigenvalue weighted by Gasteiger charge is 2.30. The van der Waals surface area contributed by atoms with E-state index in [4.69, 9.17) is 0 Å². The van der Waals surface area contributed by atoms with E-state index in [9.17, 15) is 19.7 Å². The van der Waals surface area contributed by atoms with Gasteiger partial charge in [0, 0.05) is 17.7 Å². The fourth-order valence-corrected chi connectivity index (χ4v) is 3.46. The summed E-state index contributed by atoms with van der Waals surface area (Å²) in [5.41, 5.74) is 0.827. The number of hydrogen-bond acceptors (Lipinski definition) is 5. The molecule has 2 amide bonds.